The fourth-order valence-corrected chi connectivity index (χ4v) is 6.22. The van der Waals surface area contributed by atoms with Crippen molar-refractivity contribution in [1.82, 2.24) is 15.3 Å². The molecule has 1 N–H and O–H groups in total. The molecular formula is C24H29N3O4S. The standard InChI is InChI=1S/C22H23N3O4S.C2H6/c1-12-6-18-16(11-23-12)25-21(29-18)13-7-22(8-13)9-14(10-22)24-20(26)17-4-5-19(28-17)30(27)15-2-3-15;1-2/h4-6,11,13-15H,2-3,7-10H2,1H3,(H,24,26);1-2H3. The third kappa shape index (κ3) is 3.89. The van der Waals surface area contributed by atoms with Gasteiger partial charge in [-0.15, -0.1) is 0 Å². The number of aromatic nitrogens is 2. The van der Waals surface area contributed by atoms with Crippen LogP contribution in [0.3, 0.4) is 0 Å². The number of amides is 1. The number of hydrogen-bond donors (Lipinski definition) is 1. The van der Waals surface area contributed by atoms with Crippen LogP contribution in [0.5, 0.6) is 0 Å². The Kier molecular flexibility index (Phi) is 5.43. The van der Waals surface area contributed by atoms with Gasteiger partial charge in [0.1, 0.15) is 5.52 Å². The summed E-state index contributed by atoms with van der Waals surface area (Å²) in [6.45, 7) is 5.94. The maximum Gasteiger partial charge on any atom is 0.287 e. The van der Waals surface area contributed by atoms with Crippen LogP contribution in [0.15, 0.2) is 38.3 Å². The Morgan fingerprint density at radius 3 is 2.62 bits per heavy atom. The van der Waals surface area contributed by atoms with E-state index in [-0.39, 0.29) is 23.0 Å². The third-order valence-electron chi connectivity index (χ3n) is 6.66. The second-order valence-corrected chi connectivity index (χ2v) is 10.8. The molecule has 6 rings (SSSR count). The molecule has 0 saturated heterocycles. The van der Waals surface area contributed by atoms with Gasteiger partial charge in [-0.05, 0) is 63.0 Å². The number of carbonyl (C=O) groups is 1. The van der Waals surface area contributed by atoms with E-state index in [0.29, 0.717) is 16.4 Å². The van der Waals surface area contributed by atoms with E-state index in [1.54, 1.807) is 18.3 Å². The second-order valence-electron chi connectivity index (χ2n) is 9.14. The van der Waals surface area contributed by atoms with Gasteiger partial charge in [-0.25, -0.2) is 4.98 Å². The number of furan rings is 1. The summed E-state index contributed by atoms with van der Waals surface area (Å²) in [6, 6.07) is 5.38. The van der Waals surface area contributed by atoms with Gasteiger partial charge in [-0.2, -0.15) is 0 Å². The third-order valence-corrected chi connectivity index (χ3v) is 8.35. The van der Waals surface area contributed by atoms with E-state index >= 15 is 0 Å². The molecule has 0 aliphatic heterocycles. The summed E-state index contributed by atoms with van der Waals surface area (Å²) in [5, 5.41) is 3.67. The molecule has 8 heteroatoms. The van der Waals surface area contributed by atoms with Gasteiger partial charge < -0.3 is 14.2 Å². The van der Waals surface area contributed by atoms with Crippen molar-refractivity contribution in [1.29, 1.82) is 0 Å². The topological polar surface area (TPSA) is 98.2 Å². The molecule has 1 spiro atoms. The molecule has 170 valence electrons. The number of aryl methyl sites for hydroxylation is 1. The Morgan fingerprint density at radius 2 is 1.91 bits per heavy atom. The molecule has 0 aromatic carbocycles. The molecule has 0 bridgehead atoms. The molecule has 1 amide bonds. The quantitative estimate of drug-likeness (QED) is 0.589. The average Bonchev–Trinajstić information content (AvgIpc) is 3.31. The van der Waals surface area contributed by atoms with E-state index in [4.69, 9.17) is 8.83 Å². The fourth-order valence-electron chi connectivity index (χ4n) is 4.96. The molecule has 3 aromatic heterocycles. The van der Waals surface area contributed by atoms with E-state index < -0.39 is 10.8 Å². The number of pyridine rings is 1. The molecule has 3 heterocycles. The van der Waals surface area contributed by atoms with Crippen LogP contribution in [-0.4, -0.2) is 31.4 Å². The first-order valence-corrected chi connectivity index (χ1v) is 12.7. The summed E-state index contributed by atoms with van der Waals surface area (Å²) >= 11 is 0. The first-order valence-electron chi connectivity index (χ1n) is 11.5. The minimum Gasteiger partial charge on any atom is -0.442 e. The summed E-state index contributed by atoms with van der Waals surface area (Å²) < 4.78 is 23.6. The van der Waals surface area contributed by atoms with Crippen molar-refractivity contribution in [3.8, 4) is 0 Å². The van der Waals surface area contributed by atoms with Crippen LogP contribution in [0.1, 0.15) is 80.4 Å². The van der Waals surface area contributed by atoms with E-state index in [2.05, 4.69) is 15.3 Å². The minimum atomic E-state index is -1.12. The number of fused-ring (bicyclic) bond motifs is 1. The van der Waals surface area contributed by atoms with Crippen LogP contribution in [0.2, 0.25) is 0 Å². The van der Waals surface area contributed by atoms with Crippen LogP contribution in [0.4, 0.5) is 0 Å². The molecule has 32 heavy (non-hydrogen) atoms. The molecule has 3 saturated carbocycles. The fraction of sp³-hybridized carbons (Fsp3) is 0.542. The molecule has 1 atom stereocenters. The average molecular weight is 456 g/mol. The molecular weight excluding hydrogens is 426 g/mol. The summed E-state index contributed by atoms with van der Waals surface area (Å²) in [5.74, 6) is 1.19. The van der Waals surface area contributed by atoms with Gasteiger partial charge in [0, 0.05) is 29.0 Å². The van der Waals surface area contributed by atoms with Crippen LogP contribution in [-0.2, 0) is 10.8 Å². The molecule has 3 aliphatic carbocycles. The Labute approximate surface area is 189 Å². The van der Waals surface area contributed by atoms with Gasteiger partial charge >= 0.3 is 0 Å². The zero-order valence-electron chi connectivity index (χ0n) is 18.7. The van der Waals surface area contributed by atoms with Crippen molar-refractivity contribution in [3.63, 3.8) is 0 Å². The van der Waals surface area contributed by atoms with E-state index in [0.717, 1.165) is 61.2 Å². The van der Waals surface area contributed by atoms with Crippen LogP contribution in [0, 0.1) is 12.3 Å². The Balaban J connectivity index is 0.00000105. The number of hydrogen-bond acceptors (Lipinski definition) is 6. The normalized spacial score (nSPS) is 27.2. The smallest absolute Gasteiger partial charge is 0.287 e. The summed E-state index contributed by atoms with van der Waals surface area (Å²) in [7, 11) is -1.12. The van der Waals surface area contributed by atoms with Gasteiger partial charge in [0.25, 0.3) is 5.91 Å². The number of nitrogens with one attached hydrogen (secondary N) is 1. The largest absolute Gasteiger partial charge is 0.442 e. The maximum absolute atomic E-state index is 12.5. The summed E-state index contributed by atoms with van der Waals surface area (Å²) in [5.41, 5.74) is 2.84. The van der Waals surface area contributed by atoms with Crippen LogP contribution in [0.25, 0.3) is 11.1 Å². The summed E-state index contributed by atoms with van der Waals surface area (Å²) in [6.07, 6.45) is 7.74. The highest BCUT2D eigenvalue weighted by Crippen LogP contribution is 2.61. The zero-order valence-corrected chi connectivity index (χ0v) is 19.5. The second kappa shape index (κ2) is 8.14. The SMILES string of the molecule is CC.Cc1cc2oc(C3CC4(CC(NC(=O)c5ccc(S(=O)C6CC6)o5)C4)C3)nc2cn1. The van der Waals surface area contributed by atoms with Crippen LogP contribution >= 0.6 is 0 Å². The van der Waals surface area contributed by atoms with Gasteiger partial charge in [-0.3, -0.25) is 14.0 Å². The van der Waals surface area contributed by atoms with Gasteiger partial charge in [0.2, 0.25) is 0 Å². The first kappa shape index (κ1) is 21.4. The minimum absolute atomic E-state index is 0.163. The lowest BCUT2D eigenvalue weighted by Gasteiger charge is -2.57. The van der Waals surface area contributed by atoms with Gasteiger partial charge in [-0.1, -0.05) is 13.8 Å². The maximum atomic E-state index is 12.5. The first-order chi connectivity index (χ1) is 15.5. The monoisotopic (exact) mass is 455 g/mol. The Bertz CT molecular complexity index is 1170. The van der Waals surface area contributed by atoms with Crippen LogP contribution < -0.4 is 5.32 Å². The number of rotatable bonds is 5. The lowest BCUT2D eigenvalue weighted by molar-refractivity contribution is -0.0256. The van der Waals surface area contributed by atoms with E-state index in [9.17, 15) is 9.00 Å². The highest BCUT2D eigenvalue weighted by molar-refractivity contribution is 7.85. The van der Waals surface area contributed by atoms with Crippen molar-refractivity contribution in [2.45, 2.75) is 81.6 Å². The molecule has 3 aliphatic rings. The highest BCUT2D eigenvalue weighted by Gasteiger charge is 2.54. The zero-order chi connectivity index (χ0) is 22.5. The van der Waals surface area contributed by atoms with E-state index in [1.807, 2.05) is 26.8 Å². The van der Waals surface area contributed by atoms with Gasteiger partial charge in [0.15, 0.2) is 22.3 Å². The summed E-state index contributed by atoms with van der Waals surface area (Å²) in [4.78, 5) is 21.3. The lowest BCUT2D eigenvalue weighted by atomic mass is 9.50. The number of carbonyl (C=O) groups excluding carboxylic acids is 1. The van der Waals surface area contributed by atoms with E-state index in [1.165, 1.54) is 0 Å². The Hall–Kier alpha value is -2.48. The van der Waals surface area contributed by atoms with Crippen molar-refractivity contribution in [3.05, 3.63) is 41.7 Å². The number of nitrogens with zero attached hydrogens (tertiary/aromatic N) is 2. The Morgan fingerprint density at radius 1 is 1.16 bits per heavy atom. The van der Waals surface area contributed by atoms with Crippen molar-refractivity contribution >= 4 is 27.8 Å². The molecule has 3 fully saturated rings. The molecule has 7 nitrogen and oxygen atoms in total. The number of oxazole rings is 1. The predicted molar refractivity (Wildman–Crippen MR) is 121 cm³/mol. The molecule has 0 radical (unpaired) electrons. The molecule has 3 aromatic rings. The van der Waals surface area contributed by atoms with Crippen molar-refractivity contribution in [2.24, 2.45) is 5.41 Å². The van der Waals surface area contributed by atoms with Crippen molar-refractivity contribution < 1.29 is 17.8 Å². The predicted octanol–water partition coefficient (Wildman–Crippen LogP) is 4.88. The molecule has 1 unspecified atom stereocenters. The highest BCUT2D eigenvalue weighted by atomic mass is 32.2. The van der Waals surface area contributed by atoms with Crippen molar-refractivity contribution in [2.75, 3.05) is 0 Å². The lowest BCUT2D eigenvalue weighted by Crippen LogP contribution is -2.55. The van der Waals surface area contributed by atoms with Gasteiger partial charge in [0.05, 0.1) is 17.0 Å².